The highest BCUT2D eigenvalue weighted by atomic mass is 16.6. The van der Waals surface area contributed by atoms with Gasteiger partial charge in [-0.3, -0.25) is 4.79 Å². The number of esters is 1. The zero-order chi connectivity index (χ0) is 15.1. The van der Waals surface area contributed by atoms with Crippen molar-refractivity contribution in [3.63, 3.8) is 0 Å². The number of rotatable bonds is 6. The Morgan fingerprint density at radius 3 is 2.37 bits per heavy atom. The average molecular weight is 276 g/mol. The van der Waals surface area contributed by atoms with Gasteiger partial charge in [-0.05, 0) is 27.7 Å². The largest absolute Gasteiger partial charge is 0.466 e. The van der Waals surface area contributed by atoms with E-state index < -0.39 is 29.7 Å². The second kappa shape index (κ2) is 7.96. The van der Waals surface area contributed by atoms with Crippen LogP contribution in [0.1, 0.15) is 34.1 Å². The molecule has 0 aromatic rings. The van der Waals surface area contributed by atoms with Gasteiger partial charge in [0.15, 0.2) is 0 Å². The molecule has 0 aromatic heterocycles. The first-order valence-electron chi connectivity index (χ1n) is 6.21. The van der Waals surface area contributed by atoms with Crippen LogP contribution in [0.4, 0.5) is 4.79 Å². The molecule has 0 aliphatic heterocycles. The Hall–Kier alpha value is -1.34. The smallest absolute Gasteiger partial charge is 0.408 e. The molecule has 0 bridgehead atoms. The summed E-state index contributed by atoms with van der Waals surface area (Å²) in [5.74, 6) is -0.473. The van der Waals surface area contributed by atoms with E-state index in [4.69, 9.17) is 15.2 Å². The summed E-state index contributed by atoms with van der Waals surface area (Å²) in [4.78, 5) is 22.8. The first-order valence-corrected chi connectivity index (χ1v) is 6.21. The van der Waals surface area contributed by atoms with Gasteiger partial charge in [-0.1, -0.05) is 0 Å². The number of nitrogens with two attached hydrogens (primary N) is 1. The highest BCUT2D eigenvalue weighted by Crippen LogP contribution is 2.07. The minimum absolute atomic E-state index is 0.0884. The summed E-state index contributed by atoms with van der Waals surface area (Å²) in [6.45, 7) is 6.72. The van der Waals surface area contributed by atoms with Gasteiger partial charge in [-0.25, -0.2) is 4.79 Å². The molecular formula is C12H24N2O5. The second-order valence-corrected chi connectivity index (χ2v) is 5.11. The van der Waals surface area contributed by atoms with Crippen molar-refractivity contribution in [1.29, 1.82) is 0 Å². The first-order chi connectivity index (χ1) is 8.69. The van der Waals surface area contributed by atoms with Crippen LogP contribution in [0.15, 0.2) is 0 Å². The van der Waals surface area contributed by atoms with E-state index in [2.05, 4.69) is 5.32 Å². The quantitative estimate of drug-likeness (QED) is 0.596. The first kappa shape index (κ1) is 17.7. The van der Waals surface area contributed by atoms with E-state index in [1.165, 1.54) is 0 Å². The predicted octanol–water partition coefficient (Wildman–Crippen LogP) is 0.153. The van der Waals surface area contributed by atoms with Crippen molar-refractivity contribution in [3.05, 3.63) is 0 Å². The molecule has 4 N–H and O–H groups in total. The maximum absolute atomic E-state index is 11.5. The zero-order valence-electron chi connectivity index (χ0n) is 11.9. The highest BCUT2D eigenvalue weighted by molar-refractivity contribution is 5.71. The minimum atomic E-state index is -0.765. The highest BCUT2D eigenvalue weighted by Gasteiger charge is 2.25. The van der Waals surface area contributed by atoms with Gasteiger partial charge in [0.2, 0.25) is 0 Å². The monoisotopic (exact) mass is 276 g/mol. The topological polar surface area (TPSA) is 111 Å². The van der Waals surface area contributed by atoms with Crippen LogP contribution in [0, 0.1) is 0 Å². The van der Waals surface area contributed by atoms with Gasteiger partial charge in [0.1, 0.15) is 5.60 Å². The summed E-state index contributed by atoms with van der Waals surface area (Å²) >= 11 is 0. The maximum atomic E-state index is 11.5. The molecule has 0 unspecified atom stereocenters. The van der Waals surface area contributed by atoms with E-state index in [9.17, 15) is 14.7 Å². The Morgan fingerprint density at radius 2 is 1.95 bits per heavy atom. The lowest BCUT2D eigenvalue weighted by Gasteiger charge is -2.25. The van der Waals surface area contributed by atoms with E-state index in [1.807, 2.05) is 0 Å². The number of carbonyl (C=O) groups excluding carboxylic acids is 2. The zero-order valence-corrected chi connectivity index (χ0v) is 11.9. The Kier molecular flexibility index (Phi) is 7.40. The normalized spacial score (nSPS) is 14.4. The van der Waals surface area contributed by atoms with E-state index >= 15 is 0 Å². The predicted molar refractivity (Wildman–Crippen MR) is 69.5 cm³/mol. The Morgan fingerprint density at radius 1 is 1.37 bits per heavy atom. The fourth-order valence-electron chi connectivity index (χ4n) is 1.30. The number of alkyl carbamates (subject to hydrolysis) is 1. The third-order valence-corrected chi connectivity index (χ3v) is 2.12. The molecule has 0 saturated carbocycles. The summed E-state index contributed by atoms with van der Waals surface area (Å²) in [5, 5.41) is 11.6. The fraction of sp³-hybridized carbons (Fsp3) is 0.833. The van der Waals surface area contributed by atoms with E-state index in [1.54, 1.807) is 27.7 Å². The molecule has 0 saturated heterocycles. The van der Waals surface area contributed by atoms with Crippen molar-refractivity contribution >= 4 is 12.1 Å². The van der Waals surface area contributed by atoms with Crippen molar-refractivity contribution in [2.24, 2.45) is 5.73 Å². The third kappa shape index (κ3) is 8.39. The summed E-state index contributed by atoms with van der Waals surface area (Å²) < 4.78 is 9.79. The summed E-state index contributed by atoms with van der Waals surface area (Å²) in [6, 6.07) is -1.50. The molecule has 7 heteroatoms. The molecule has 19 heavy (non-hydrogen) atoms. The molecule has 1 amide bonds. The summed E-state index contributed by atoms with van der Waals surface area (Å²) in [5.41, 5.74) is 5.10. The van der Waals surface area contributed by atoms with Crippen LogP contribution in [0.25, 0.3) is 0 Å². The molecule has 0 radical (unpaired) electrons. The van der Waals surface area contributed by atoms with Crippen LogP contribution in [0.5, 0.6) is 0 Å². The molecule has 0 aliphatic carbocycles. The number of hydrogen-bond donors (Lipinski definition) is 3. The summed E-state index contributed by atoms with van der Waals surface area (Å²) in [6.07, 6.45) is -0.777. The number of nitrogens with one attached hydrogen (secondary N) is 1. The van der Waals surface area contributed by atoms with Gasteiger partial charge >= 0.3 is 12.1 Å². The third-order valence-electron chi connectivity index (χ3n) is 2.12. The number of amides is 1. The molecule has 112 valence electrons. The lowest BCUT2D eigenvalue weighted by Crippen LogP contribution is -2.51. The van der Waals surface area contributed by atoms with Crippen molar-refractivity contribution in [3.8, 4) is 0 Å². The molecule has 0 aliphatic rings. The van der Waals surface area contributed by atoms with Crippen LogP contribution in [0.2, 0.25) is 0 Å². The average Bonchev–Trinajstić information content (AvgIpc) is 2.23. The molecule has 0 aromatic carbocycles. The van der Waals surface area contributed by atoms with Gasteiger partial charge in [-0.15, -0.1) is 0 Å². The van der Waals surface area contributed by atoms with Crippen molar-refractivity contribution < 1.29 is 24.2 Å². The number of aliphatic hydroxyl groups is 1. The molecule has 0 spiro atoms. The van der Waals surface area contributed by atoms with Gasteiger partial charge in [0.05, 0.1) is 25.7 Å². The van der Waals surface area contributed by atoms with Crippen molar-refractivity contribution in [2.75, 3.05) is 13.2 Å². The van der Waals surface area contributed by atoms with Gasteiger partial charge in [0, 0.05) is 6.04 Å². The van der Waals surface area contributed by atoms with Gasteiger partial charge in [-0.2, -0.15) is 0 Å². The molecule has 0 rings (SSSR count). The number of ether oxygens (including phenoxy) is 2. The fourth-order valence-corrected chi connectivity index (χ4v) is 1.30. The summed E-state index contributed by atoms with van der Waals surface area (Å²) in [7, 11) is 0. The Balaban J connectivity index is 4.33. The Bertz CT molecular complexity index is 301. The lowest BCUT2D eigenvalue weighted by atomic mass is 10.1. The molecule has 0 heterocycles. The van der Waals surface area contributed by atoms with Gasteiger partial charge < -0.3 is 25.6 Å². The van der Waals surface area contributed by atoms with Gasteiger partial charge in [0.25, 0.3) is 0 Å². The van der Waals surface area contributed by atoms with Crippen LogP contribution >= 0.6 is 0 Å². The van der Waals surface area contributed by atoms with E-state index in [0.717, 1.165) is 0 Å². The Labute approximate surface area is 113 Å². The number of hydrogen-bond acceptors (Lipinski definition) is 6. The number of aliphatic hydroxyl groups excluding tert-OH is 1. The van der Waals surface area contributed by atoms with Crippen LogP contribution in [-0.2, 0) is 14.3 Å². The van der Waals surface area contributed by atoms with Crippen LogP contribution in [-0.4, -0.2) is 48.1 Å². The second-order valence-electron chi connectivity index (χ2n) is 5.11. The maximum Gasteiger partial charge on any atom is 0.408 e. The van der Waals surface area contributed by atoms with Crippen molar-refractivity contribution in [2.45, 2.75) is 51.8 Å². The molecule has 2 atom stereocenters. The van der Waals surface area contributed by atoms with Crippen LogP contribution < -0.4 is 11.1 Å². The molecule has 0 fully saturated rings. The van der Waals surface area contributed by atoms with Crippen LogP contribution in [0.3, 0.4) is 0 Å². The number of carbonyl (C=O) groups is 2. The minimum Gasteiger partial charge on any atom is -0.466 e. The van der Waals surface area contributed by atoms with E-state index in [-0.39, 0.29) is 19.6 Å². The lowest BCUT2D eigenvalue weighted by molar-refractivity contribution is -0.143. The molecular weight excluding hydrogens is 252 g/mol. The van der Waals surface area contributed by atoms with Crippen molar-refractivity contribution in [1.82, 2.24) is 5.32 Å². The van der Waals surface area contributed by atoms with E-state index in [0.29, 0.717) is 0 Å². The SMILES string of the molecule is CCOC(=O)C[C@H](N)[C@@H](CO)NC(=O)OC(C)(C)C. The standard InChI is InChI=1S/C12H24N2O5/c1-5-18-10(16)6-8(13)9(7-15)14-11(17)19-12(2,3)4/h8-9,15H,5-7,13H2,1-4H3,(H,14,17)/t8-,9+/m0/s1. The molecule has 7 nitrogen and oxygen atoms in total.